The monoisotopic (exact) mass is 186 g/mol. The van der Waals surface area contributed by atoms with E-state index in [0.717, 1.165) is 6.42 Å². The first kappa shape index (κ1) is 10.3. The van der Waals surface area contributed by atoms with Crippen molar-refractivity contribution in [3.05, 3.63) is 0 Å². The Bertz CT molecular complexity index is 147. The topological polar surface area (TPSA) is 20.2 Å². The highest BCUT2D eigenvalue weighted by Gasteiger charge is 2.40. The van der Waals surface area contributed by atoms with Gasteiger partial charge in [0.2, 0.25) is 0 Å². The summed E-state index contributed by atoms with van der Waals surface area (Å²) in [4.78, 5) is 0. The lowest BCUT2D eigenvalue weighted by Gasteiger charge is -2.42. The fraction of sp³-hybridized carbons (Fsp3) is 1.00. The molecular weight excluding hydrogens is 164 g/mol. The second-order valence-electron chi connectivity index (χ2n) is 4.50. The van der Waals surface area contributed by atoms with E-state index in [9.17, 15) is 5.11 Å². The maximum absolute atomic E-state index is 10.5. The SMILES string of the molecule is CCC1CCCCC1(O)[SiH](C)C. The molecule has 0 aromatic heterocycles. The second-order valence-corrected chi connectivity index (χ2v) is 7.81. The number of rotatable bonds is 2. The minimum Gasteiger partial charge on any atom is -0.393 e. The molecule has 0 aliphatic heterocycles. The van der Waals surface area contributed by atoms with Crippen LogP contribution < -0.4 is 0 Å². The molecule has 0 bridgehead atoms. The highest BCUT2D eigenvalue weighted by Crippen LogP contribution is 2.37. The minimum absolute atomic E-state index is 0.215. The highest BCUT2D eigenvalue weighted by atomic mass is 28.3. The quantitative estimate of drug-likeness (QED) is 0.656. The Kier molecular flexibility index (Phi) is 3.35. The van der Waals surface area contributed by atoms with E-state index >= 15 is 0 Å². The Labute approximate surface area is 77.8 Å². The van der Waals surface area contributed by atoms with Crippen LogP contribution in [0.4, 0.5) is 0 Å². The van der Waals surface area contributed by atoms with Gasteiger partial charge in [-0.2, -0.15) is 0 Å². The molecule has 12 heavy (non-hydrogen) atoms. The summed E-state index contributed by atoms with van der Waals surface area (Å²) in [6.07, 6.45) is 6.09. The summed E-state index contributed by atoms with van der Waals surface area (Å²) in [6, 6.07) is 0. The maximum atomic E-state index is 10.5. The van der Waals surface area contributed by atoms with Gasteiger partial charge in [0.05, 0.1) is 14.0 Å². The normalized spacial score (nSPS) is 37.2. The van der Waals surface area contributed by atoms with Crippen molar-refractivity contribution >= 4 is 8.80 Å². The van der Waals surface area contributed by atoms with Crippen LogP contribution in [0.15, 0.2) is 0 Å². The Hall–Kier alpha value is 0.177. The Morgan fingerprint density at radius 1 is 1.42 bits per heavy atom. The van der Waals surface area contributed by atoms with Gasteiger partial charge in [-0.05, 0) is 18.8 Å². The smallest absolute Gasteiger partial charge is 0.0695 e. The van der Waals surface area contributed by atoms with Crippen LogP contribution in [0.2, 0.25) is 13.1 Å². The molecule has 2 atom stereocenters. The van der Waals surface area contributed by atoms with Crippen LogP contribution in [-0.2, 0) is 0 Å². The maximum Gasteiger partial charge on any atom is 0.0695 e. The van der Waals surface area contributed by atoms with Crippen LogP contribution in [0.25, 0.3) is 0 Å². The molecule has 1 saturated carbocycles. The molecule has 1 aliphatic carbocycles. The van der Waals surface area contributed by atoms with E-state index in [1.165, 1.54) is 25.7 Å². The molecule has 1 nitrogen and oxygen atoms in total. The summed E-state index contributed by atoms with van der Waals surface area (Å²) in [6.45, 7) is 6.79. The molecule has 0 heterocycles. The van der Waals surface area contributed by atoms with Gasteiger partial charge in [-0.1, -0.05) is 39.3 Å². The zero-order valence-corrected chi connectivity index (χ0v) is 9.79. The molecule has 0 aromatic rings. The Morgan fingerprint density at radius 2 is 2.08 bits per heavy atom. The van der Waals surface area contributed by atoms with E-state index in [4.69, 9.17) is 0 Å². The minimum atomic E-state index is -0.887. The van der Waals surface area contributed by atoms with Crippen molar-refractivity contribution in [2.45, 2.75) is 57.3 Å². The van der Waals surface area contributed by atoms with Crippen molar-refractivity contribution in [2.75, 3.05) is 0 Å². The third-order valence-electron chi connectivity index (χ3n) is 3.58. The van der Waals surface area contributed by atoms with Crippen molar-refractivity contribution in [1.29, 1.82) is 0 Å². The molecular formula is C10H22OSi. The zero-order valence-electron chi connectivity index (χ0n) is 8.64. The van der Waals surface area contributed by atoms with Gasteiger partial charge in [-0.25, -0.2) is 0 Å². The largest absolute Gasteiger partial charge is 0.393 e. The first-order valence-electron chi connectivity index (χ1n) is 5.33. The number of hydrogen-bond acceptors (Lipinski definition) is 1. The van der Waals surface area contributed by atoms with Gasteiger partial charge < -0.3 is 5.11 Å². The van der Waals surface area contributed by atoms with Crippen molar-refractivity contribution in [1.82, 2.24) is 0 Å². The van der Waals surface area contributed by atoms with E-state index in [1.807, 2.05) is 0 Å². The summed E-state index contributed by atoms with van der Waals surface area (Å²) >= 11 is 0. The first-order chi connectivity index (χ1) is 5.61. The summed E-state index contributed by atoms with van der Waals surface area (Å²) in [5, 5.41) is 10.3. The summed E-state index contributed by atoms with van der Waals surface area (Å²) < 4.78 is 0. The molecule has 1 rings (SSSR count). The summed E-state index contributed by atoms with van der Waals surface area (Å²) in [5.74, 6) is 0.609. The van der Waals surface area contributed by atoms with Gasteiger partial charge >= 0.3 is 0 Å². The molecule has 2 heteroatoms. The molecule has 1 aliphatic rings. The highest BCUT2D eigenvalue weighted by molar-refractivity contribution is 6.59. The molecule has 72 valence electrons. The Balaban J connectivity index is 2.68. The summed E-state index contributed by atoms with van der Waals surface area (Å²) in [7, 11) is -0.887. The average Bonchev–Trinajstić information content (AvgIpc) is 2.05. The molecule has 0 saturated heterocycles. The van der Waals surface area contributed by atoms with Crippen molar-refractivity contribution in [2.24, 2.45) is 5.92 Å². The van der Waals surface area contributed by atoms with Crippen LogP contribution in [0.1, 0.15) is 39.0 Å². The molecule has 2 unspecified atom stereocenters. The van der Waals surface area contributed by atoms with Crippen molar-refractivity contribution in [3.63, 3.8) is 0 Å². The molecule has 0 spiro atoms. The van der Waals surface area contributed by atoms with Crippen LogP contribution in [0.3, 0.4) is 0 Å². The van der Waals surface area contributed by atoms with E-state index in [1.54, 1.807) is 0 Å². The van der Waals surface area contributed by atoms with E-state index in [-0.39, 0.29) is 5.22 Å². The number of aliphatic hydroxyl groups is 1. The average molecular weight is 186 g/mol. The lowest BCUT2D eigenvalue weighted by molar-refractivity contribution is 0.0191. The van der Waals surface area contributed by atoms with Crippen molar-refractivity contribution < 1.29 is 5.11 Å². The van der Waals surface area contributed by atoms with Gasteiger partial charge in [-0.3, -0.25) is 0 Å². The molecule has 1 fully saturated rings. The third-order valence-corrected chi connectivity index (χ3v) is 6.34. The predicted molar refractivity (Wildman–Crippen MR) is 56.1 cm³/mol. The second kappa shape index (κ2) is 3.92. The molecule has 1 N–H and O–H groups in total. The fourth-order valence-electron chi connectivity index (χ4n) is 2.57. The molecule has 0 amide bonds. The van der Waals surface area contributed by atoms with Crippen molar-refractivity contribution in [3.8, 4) is 0 Å². The van der Waals surface area contributed by atoms with Gasteiger partial charge in [-0.15, -0.1) is 0 Å². The van der Waals surface area contributed by atoms with Gasteiger partial charge in [0.25, 0.3) is 0 Å². The lowest BCUT2D eigenvalue weighted by Crippen LogP contribution is -2.50. The molecule has 0 radical (unpaired) electrons. The number of hydrogen-bond donors (Lipinski definition) is 1. The van der Waals surface area contributed by atoms with E-state index in [0.29, 0.717) is 5.92 Å². The van der Waals surface area contributed by atoms with E-state index in [2.05, 4.69) is 20.0 Å². The van der Waals surface area contributed by atoms with Crippen LogP contribution >= 0.6 is 0 Å². The van der Waals surface area contributed by atoms with Gasteiger partial charge in [0.15, 0.2) is 0 Å². The van der Waals surface area contributed by atoms with Crippen LogP contribution in [0.5, 0.6) is 0 Å². The van der Waals surface area contributed by atoms with E-state index < -0.39 is 8.80 Å². The van der Waals surface area contributed by atoms with Crippen LogP contribution in [0, 0.1) is 5.92 Å². The lowest BCUT2D eigenvalue weighted by atomic mass is 9.84. The predicted octanol–water partition coefficient (Wildman–Crippen LogP) is 2.34. The standard InChI is InChI=1S/C10H22OSi/c1-4-9-7-5-6-8-10(9,11)12(2)3/h9,11-12H,4-8H2,1-3H3. The van der Waals surface area contributed by atoms with Crippen LogP contribution in [-0.4, -0.2) is 19.1 Å². The summed E-state index contributed by atoms with van der Waals surface area (Å²) in [5.41, 5.74) is 0. The molecule has 0 aromatic carbocycles. The third kappa shape index (κ3) is 1.74. The van der Waals surface area contributed by atoms with Gasteiger partial charge in [0.1, 0.15) is 0 Å². The first-order valence-corrected chi connectivity index (χ1v) is 8.22. The van der Waals surface area contributed by atoms with Gasteiger partial charge in [0, 0.05) is 0 Å². The zero-order chi connectivity index (χ0) is 9.19. The fourth-order valence-corrected chi connectivity index (χ4v) is 4.70. The Morgan fingerprint density at radius 3 is 2.50 bits per heavy atom.